The molecule has 2 aromatic carbocycles. The number of para-hydroxylation sites is 1. The Kier molecular flexibility index (Phi) is 6.50. The van der Waals surface area contributed by atoms with Crippen molar-refractivity contribution < 1.29 is 22.7 Å². The lowest BCUT2D eigenvalue weighted by atomic mass is 10.0. The molecule has 0 fully saturated rings. The van der Waals surface area contributed by atoms with Gasteiger partial charge in [-0.1, -0.05) is 43.0 Å². The third kappa shape index (κ3) is 4.77. The van der Waals surface area contributed by atoms with Crippen LogP contribution in [-0.2, 0) is 17.4 Å². The number of rotatable bonds is 6. The number of methoxy groups -OCH3 is 1. The van der Waals surface area contributed by atoms with Gasteiger partial charge in [-0.15, -0.1) is 10.2 Å². The monoisotopic (exact) mass is 477 g/mol. The Balaban J connectivity index is 1.68. The molecule has 0 radical (unpaired) electrons. The zero-order chi connectivity index (χ0) is 23.6. The Morgan fingerprint density at radius 3 is 2.58 bits per heavy atom. The summed E-state index contributed by atoms with van der Waals surface area (Å²) in [6, 6.07) is 11.5. The van der Waals surface area contributed by atoms with E-state index in [1.165, 1.54) is 18.2 Å². The highest BCUT2D eigenvalue weighted by molar-refractivity contribution is 8.00. The molecule has 1 aromatic heterocycles. The first-order valence-corrected chi connectivity index (χ1v) is 11.2. The lowest BCUT2D eigenvalue weighted by Crippen LogP contribution is -2.41. The Bertz CT molecular complexity index is 1130. The second-order valence-corrected chi connectivity index (χ2v) is 8.54. The van der Waals surface area contributed by atoms with Crippen LogP contribution in [0.4, 0.5) is 18.9 Å². The number of amides is 1. The number of fused-ring (bicyclic) bond motifs is 1. The summed E-state index contributed by atoms with van der Waals surface area (Å²) in [6.45, 7) is 2.02. The average molecular weight is 478 g/mol. The molecular formula is C22H22F3N5O2S. The van der Waals surface area contributed by atoms with Gasteiger partial charge < -0.3 is 15.5 Å². The highest BCUT2D eigenvalue weighted by Crippen LogP contribution is 2.39. The number of aryl methyl sites for hydroxylation is 1. The zero-order valence-electron chi connectivity index (χ0n) is 17.9. The zero-order valence-corrected chi connectivity index (χ0v) is 18.7. The summed E-state index contributed by atoms with van der Waals surface area (Å²) in [7, 11) is 1.55. The van der Waals surface area contributed by atoms with Crippen molar-refractivity contribution in [3.05, 3.63) is 65.5 Å². The van der Waals surface area contributed by atoms with E-state index in [0.717, 1.165) is 35.6 Å². The number of halogens is 3. The number of nitrogens with one attached hydrogen (secondary N) is 2. The molecule has 11 heteroatoms. The number of benzene rings is 2. The molecule has 3 aromatic rings. The molecule has 0 saturated carbocycles. The summed E-state index contributed by atoms with van der Waals surface area (Å²) in [4.78, 5) is 13.3. The molecule has 2 atom stereocenters. The van der Waals surface area contributed by atoms with Crippen LogP contribution < -0.4 is 15.5 Å². The molecule has 0 saturated heterocycles. The Morgan fingerprint density at radius 1 is 1.18 bits per heavy atom. The number of alkyl halides is 3. The number of anilines is 1. The van der Waals surface area contributed by atoms with Gasteiger partial charge in [-0.25, -0.2) is 4.68 Å². The van der Waals surface area contributed by atoms with Crippen molar-refractivity contribution in [2.45, 2.75) is 42.4 Å². The summed E-state index contributed by atoms with van der Waals surface area (Å²) >= 11 is 1.16. The van der Waals surface area contributed by atoms with Crippen molar-refractivity contribution in [1.82, 2.24) is 14.9 Å². The van der Waals surface area contributed by atoms with Crippen LogP contribution in [-0.4, -0.2) is 33.1 Å². The normalized spacial score (nSPS) is 17.7. The molecule has 0 bridgehead atoms. The van der Waals surface area contributed by atoms with Crippen LogP contribution in [0.25, 0.3) is 0 Å². The first-order valence-electron chi connectivity index (χ1n) is 10.3. The molecule has 0 spiro atoms. The third-order valence-corrected chi connectivity index (χ3v) is 6.42. The fourth-order valence-corrected chi connectivity index (χ4v) is 4.69. The van der Waals surface area contributed by atoms with Crippen molar-refractivity contribution >= 4 is 23.4 Å². The van der Waals surface area contributed by atoms with Crippen molar-refractivity contribution in [1.29, 1.82) is 0 Å². The maximum Gasteiger partial charge on any atom is 0.418 e. The predicted octanol–water partition coefficient (Wildman–Crippen LogP) is 4.66. The number of thioether (sulfide) groups is 1. The molecule has 2 unspecified atom stereocenters. The lowest BCUT2D eigenvalue weighted by Gasteiger charge is -2.33. The van der Waals surface area contributed by atoms with E-state index in [1.807, 2.05) is 19.1 Å². The highest BCUT2D eigenvalue weighted by atomic mass is 32.2. The van der Waals surface area contributed by atoms with Gasteiger partial charge in [0, 0.05) is 6.42 Å². The predicted molar refractivity (Wildman–Crippen MR) is 119 cm³/mol. The second kappa shape index (κ2) is 9.34. The van der Waals surface area contributed by atoms with Crippen LogP contribution in [0.5, 0.6) is 5.75 Å². The molecule has 1 aliphatic heterocycles. The van der Waals surface area contributed by atoms with Gasteiger partial charge >= 0.3 is 6.18 Å². The van der Waals surface area contributed by atoms with Crippen molar-refractivity contribution in [3.63, 3.8) is 0 Å². The SMILES string of the molecule is CCCc1nnc2n1NC(c1ccc(OC)cc1)C(C(=O)Nc1ccccc1C(F)(F)F)S2. The van der Waals surface area contributed by atoms with Gasteiger partial charge in [0.15, 0.2) is 5.82 Å². The molecule has 1 aliphatic rings. The van der Waals surface area contributed by atoms with Gasteiger partial charge in [0.2, 0.25) is 11.1 Å². The molecule has 33 heavy (non-hydrogen) atoms. The Morgan fingerprint density at radius 2 is 1.91 bits per heavy atom. The van der Waals surface area contributed by atoms with E-state index in [1.54, 1.807) is 23.9 Å². The molecule has 2 heterocycles. The number of ether oxygens (including phenoxy) is 1. The molecule has 0 aliphatic carbocycles. The minimum Gasteiger partial charge on any atom is -0.497 e. The van der Waals surface area contributed by atoms with Crippen molar-refractivity contribution in [2.75, 3.05) is 17.9 Å². The van der Waals surface area contributed by atoms with E-state index < -0.39 is 28.9 Å². The summed E-state index contributed by atoms with van der Waals surface area (Å²) in [5.41, 5.74) is 2.87. The quantitative estimate of drug-likeness (QED) is 0.538. The Labute approximate surface area is 192 Å². The lowest BCUT2D eigenvalue weighted by molar-refractivity contribution is -0.137. The van der Waals surface area contributed by atoms with E-state index in [-0.39, 0.29) is 5.69 Å². The van der Waals surface area contributed by atoms with Crippen LogP contribution >= 0.6 is 11.8 Å². The Hall–Kier alpha value is -3.21. The highest BCUT2D eigenvalue weighted by Gasteiger charge is 2.39. The van der Waals surface area contributed by atoms with Crippen LogP contribution in [0.15, 0.2) is 53.7 Å². The molecule has 4 rings (SSSR count). The van der Waals surface area contributed by atoms with Gasteiger partial charge in [-0.3, -0.25) is 4.79 Å². The smallest absolute Gasteiger partial charge is 0.418 e. The molecular weight excluding hydrogens is 455 g/mol. The largest absolute Gasteiger partial charge is 0.497 e. The van der Waals surface area contributed by atoms with Crippen molar-refractivity contribution in [2.24, 2.45) is 0 Å². The number of hydrogen-bond donors (Lipinski definition) is 2. The van der Waals surface area contributed by atoms with Gasteiger partial charge in [-0.05, 0) is 36.2 Å². The number of carbonyl (C=O) groups is 1. The number of hydrogen-bond acceptors (Lipinski definition) is 6. The summed E-state index contributed by atoms with van der Waals surface area (Å²) in [6.07, 6.45) is -3.05. The number of aromatic nitrogens is 3. The van der Waals surface area contributed by atoms with E-state index >= 15 is 0 Å². The first-order chi connectivity index (χ1) is 15.8. The molecule has 2 N–H and O–H groups in total. The molecule has 7 nitrogen and oxygen atoms in total. The molecule has 1 amide bonds. The van der Waals surface area contributed by atoms with Crippen LogP contribution in [0, 0.1) is 0 Å². The minimum absolute atomic E-state index is 0.289. The standard InChI is InChI=1S/C22H22F3N5O2S/c1-3-6-17-27-28-21-30(17)29-18(13-9-11-14(32-2)12-10-13)19(33-21)20(31)26-16-8-5-4-7-15(16)22(23,24)25/h4-5,7-12,18-19,29H,3,6H2,1-2H3,(H,26,31). The summed E-state index contributed by atoms with van der Waals surface area (Å²) < 4.78 is 47.2. The number of nitrogens with zero attached hydrogens (tertiary/aromatic N) is 3. The van der Waals surface area contributed by atoms with Gasteiger partial charge in [0.05, 0.1) is 24.4 Å². The number of carbonyl (C=O) groups excluding carboxylic acids is 1. The van der Waals surface area contributed by atoms with Crippen LogP contribution in [0.1, 0.15) is 36.3 Å². The van der Waals surface area contributed by atoms with E-state index in [4.69, 9.17) is 4.74 Å². The van der Waals surface area contributed by atoms with E-state index in [2.05, 4.69) is 20.9 Å². The summed E-state index contributed by atoms with van der Waals surface area (Å²) in [5, 5.41) is 10.5. The topological polar surface area (TPSA) is 81.1 Å². The minimum atomic E-state index is -4.59. The second-order valence-electron chi connectivity index (χ2n) is 7.44. The third-order valence-electron chi connectivity index (χ3n) is 5.20. The maximum absolute atomic E-state index is 13.4. The fourth-order valence-electron chi connectivity index (χ4n) is 3.59. The van der Waals surface area contributed by atoms with E-state index in [9.17, 15) is 18.0 Å². The van der Waals surface area contributed by atoms with Crippen molar-refractivity contribution in [3.8, 4) is 5.75 Å². The summed E-state index contributed by atoms with van der Waals surface area (Å²) in [5.74, 6) is 0.801. The van der Waals surface area contributed by atoms with Gasteiger partial charge in [-0.2, -0.15) is 13.2 Å². The van der Waals surface area contributed by atoms with E-state index in [0.29, 0.717) is 17.3 Å². The van der Waals surface area contributed by atoms with Gasteiger partial charge in [0.25, 0.3) is 0 Å². The molecule has 174 valence electrons. The first kappa shape index (κ1) is 23.0. The maximum atomic E-state index is 13.4. The van der Waals surface area contributed by atoms with Gasteiger partial charge in [0.1, 0.15) is 11.0 Å². The van der Waals surface area contributed by atoms with Crippen LogP contribution in [0.2, 0.25) is 0 Å². The fraction of sp³-hybridized carbons (Fsp3) is 0.318. The van der Waals surface area contributed by atoms with Crippen LogP contribution in [0.3, 0.4) is 0 Å². The average Bonchev–Trinajstić information content (AvgIpc) is 3.20.